The minimum atomic E-state index is -1.03. The molecule has 1 saturated heterocycles. The van der Waals surface area contributed by atoms with Crippen LogP contribution in [0.4, 0.5) is 0 Å². The molecule has 9 heteroatoms. The molecule has 2 rings (SSSR count). The molecule has 0 aliphatic carbocycles. The van der Waals surface area contributed by atoms with Crippen molar-refractivity contribution in [3.05, 3.63) is 33.8 Å². The van der Waals surface area contributed by atoms with Crippen LogP contribution in [-0.4, -0.2) is 60.0 Å². The number of amides is 2. The third-order valence-corrected chi connectivity index (χ3v) is 4.60. The van der Waals surface area contributed by atoms with Crippen molar-refractivity contribution in [2.75, 3.05) is 26.2 Å². The van der Waals surface area contributed by atoms with Crippen molar-refractivity contribution in [1.82, 2.24) is 15.5 Å². The predicted molar refractivity (Wildman–Crippen MR) is 94.0 cm³/mol. The number of aliphatic carboxylic acids is 1. The summed E-state index contributed by atoms with van der Waals surface area (Å²) in [6.07, 6.45) is -0.199. The van der Waals surface area contributed by atoms with Crippen molar-refractivity contribution in [3.8, 4) is 0 Å². The van der Waals surface area contributed by atoms with Gasteiger partial charge in [-0.15, -0.1) is 0 Å². The maximum absolute atomic E-state index is 12.6. The number of hydrogen-bond acceptors (Lipinski definition) is 4. The van der Waals surface area contributed by atoms with E-state index in [1.165, 1.54) is 18.2 Å². The fourth-order valence-corrected chi connectivity index (χ4v) is 2.81. The van der Waals surface area contributed by atoms with Crippen molar-refractivity contribution >= 4 is 41.0 Å². The highest BCUT2D eigenvalue weighted by molar-refractivity contribution is 6.42. The van der Waals surface area contributed by atoms with Crippen molar-refractivity contribution in [1.29, 1.82) is 0 Å². The Labute approximate surface area is 155 Å². The molecule has 25 heavy (non-hydrogen) atoms. The van der Waals surface area contributed by atoms with E-state index in [9.17, 15) is 14.4 Å². The third kappa shape index (κ3) is 5.59. The number of carboxylic acids is 1. The highest BCUT2D eigenvalue weighted by Gasteiger charge is 2.27. The van der Waals surface area contributed by atoms with Crippen LogP contribution in [0.5, 0.6) is 0 Å². The zero-order chi connectivity index (χ0) is 18.4. The molecule has 136 valence electrons. The first-order valence-electron chi connectivity index (χ1n) is 7.85. The van der Waals surface area contributed by atoms with Gasteiger partial charge in [-0.05, 0) is 24.6 Å². The number of hydrogen-bond donors (Lipinski definition) is 3. The topological polar surface area (TPSA) is 98.7 Å². The standard InChI is InChI=1S/C16H19Cl2N3O4/c17-11-2-1-10(9-12(11)18)15(24)20-13(3-4-14(22)23)16(25)21-7-5-19-6-8-21/h1-2,9,13,19H,3-8H2,(H,20,24)(H,22,23)/t13-/m0/s1. The summed E-state index contributed by atoms with van der Waals surface area (Å²) in [4.78, 5) is 37.5. The fourth-order valence-electron chi connectivity index (χ4n) is 2.51. The van der Waals surface area contributed by atoms with Crippen LogP contribution in [0, 0.1) is 0 Å². The highest BCUT2D eigenvalue weighted by Crippen LogP contribution is 2.22. The van der Waals surface area contributed by atoms with E-state index in [2.05, 4.69) is 10.6 Å². The fraction of sp³-hybridized carbons (Fsp3) is 0.438. The maximum Gasteiger partial charge on any atom is 0.303 e. The molecule has 0 unspecified atom stereocenters. The lowest BCUT2D eigenvalue weighted by molar-refractivity contribution is -0.138. The molecule has 0 aromatic heterocycles. The molecule has 1 aromatic carbocycles. The number of carboxylic acid groups (broad SMARTS) is 1. The van der Waals surface area contributed by atoms with Crippen LogP contribution in [-0.2, 0) is 9.59 Å². The Morgan fingerprint density at radius 3 is 2.48 bits per heavy atom. The number of carbonyl (C=O) groups excluding carboxylic acids is 2. The van der Waals surface area contributed by atoms with E-state index in [4.69, 9.17) is 28.3 Å². The molecule has 1 aromatic rings. The molecule has 1 atom stereocenters. The largest absolute Gasteiger partial charge is 0.481 e. The summed E-state index contributed by atoms with van der Waals surface area (Å²) in [7, 11) is 0. The van der Waals surface area contributed by atoms with E-state index in [0.717, 1.165) is 0 Å². The van der Waals surface area contributed by atoms with Crippen LogP contribution in [0.1, 0.15) is 23.2 Å². The van der Waals surface area contributed by atoms with Gasteiger partial charge >= 0.3 is 5.97 Å². The summed E-state index contributed by atoms with van der Waals surface area (Å²) in [6, 6.07) is 3.48. The Kier molecular flexibility index (Phi) is 7.04. The molecule has 1 heterocycles. The summed E-state index contributed by atoms with van der Waals surface area (Å²) in [5, 5.41) is 15.2. The lowest BCUT2D eigenvalue weighted by atomic mass is 10.1. The van der Waals surface area contributed by atoms with Crippen LogP contribution in [0.15, 0.2) is 18.2 Å². The first-order valence-corrected chi connectivity index (χ1v) is 8.61. The van der Waals surface area contributed by atoms with Gasteiger partial charge in [-0.25, -0.2) is 0 Å². The first kappa shape index (κ1) is 19.5. The second-order valence-corrected chi connectivity index (χ2v) is 6.48. The molecular weight excluding hydrogens is 369 g/mol. The van der Waals surface area contributed by atoms with Gasteiger partial charge in [-0.3, -0.25) is 14.4 Å². The Bertz CT molecular complexity index is 663. The molecule has 3 N–H and O–H groups in total. The normalized spacial score (nSPS) is 15.5. The zero-order valence-electron chi connectivity index (χ0n) is 13.4. The molecule has 1 aliphatic rings. The van der Waals surface area contributed by atoms with E-state index in [1.54, 1.807) is 4.90 Å². The molecule has 0 saturated carbocycles. The average Bonchev–Trinajstić information content (AvgIpc) is 2.60. The van der Waals surface area contributed by atoms with Crippen LogP contribution in [0.2, 0.25) is 10.0 Å². The average molecular weight is 388 g/mol. The van der Waals surface area contributed by atoms with Gasteiger partial charge in [0, 0.05) is 38.2 Å². The van der Waals surface area contributed by atoms with E-state index < -0.39 is 17.9 Å². The van der Waals surface area contributed by atoms with Gasteiger partial charge in [0.05, 0.1) is 10.0 Å². The Balaban J connectivity index is 2.10. The Morgan fingerprint density at radius 1 is 1.20 bits per heavy atom. The number of benzene rings is 1. The SMILES string of the molecule is O=C(O)CC[C@H](NC(=O)c1ccc(Cl)c(Cl)c1)C(=O)N1CCNCC1. The molecule has 0 bridgehead atoms. The second-order valence-electron chi connectivity index (χ2n) is 5.66. The predicted octanol–water partition coefficient (Wildman–Crippen LogP) is 1.39. The molecule has 0 spiro atoms. The van der Waals surface area contributed by atoms with E-state index in [0.29, 0.717) is 31.2 Å². The summed E-state index contributed by atoms with van der Waals surface area (Å²) < 4.78 is 0. The zero-order valence-corrected chi connectivity index (χ0v) is 14.9. The van der Waals surface area contributed by atoms with Gasteiger partial charge in [0.15, 0.2) is 0 Å². The van der Waals surface area contributed by atoms with Crippen LogP contribution >= 0.6 is 23.2 Å². The minimum Gasteiger partial charge on any atom is -0.481 e. The summed E-state index contributed by atoms with van der Waals surface area (Å²) in [5.41, 5.74) is 0.253. The van der Waals surface area contributed by atoms with E-state index in [1.807, 2.05) is 0 Å². The van der Waals surface area contributed by atoms with Crippen LogP contribution in [0.25, 0.3) is 0 Å². The molecule has 1 aliphatic heterocycles. The van der Waals surface area contributed by atoms with Gasteiger partial charge in [-0.1, -0.05) is 23.2 Å². The van der Waals surface area contributed by atoms with Crippen molar-refractivity contribution in [3.63, 3.8) is 0 Å². The highest BCUT2D eigenvalue weighted by atomic mass is 35.5. The maximum atomic E-state index is 12.6. The number of rotatable bonds is 6. The first-order chi connectivity index (χ1) is 11.9. The lowest BCUT2D eigenvalue weighted by Gasteiger charge is -2.31. The van der Waals surface area contributed by atoms with Crippen molar-refractivity contribution in [2.45, 2.75) is 18.9 Å². The molecular formula is C16H19Cl2N3O4. The number of halogens is 2. The number of piperazine rings is 1. The monoisotopic (exact) mass is 387 g/mol. The van der Waals surface area contributed by atoms with Gasteiger partial charge in [0.25, 0.3) is 5.91 Å². The Morgan fingerprint density at radius 2 is 1.88 bits per heavy atom. The Hall–Kier alpha value is -1.83. The quantitative estimate of drug-likeness (QED) is 0.684. The minimum absolute atomic E-state index is 0.0190. The van der Waals surface area contributed by atoms with E-state index >= 15 is 0 Å². The van der Waals surface area contributed by atoms with Crippen molar-refractivity contribution < 1.29 is 19.5 Å². The second kappa shape index (κ2) is 9.03. The molecule has 0 radical (unpaired) electrons. The number of nitrogens with one attached hydrogen (secondary N) is 2. The summed E-state index contributed by atoms with van der Waals surface area (Å²) in [5.74, 6) is -1.81. The lowest BCUT2D eigenvalue weighted by Crippen LogP contribution is -2.54. The molecule has 2 amide bonds. The van der Waals surface area contributed by atoms with Crippen LogP contribution < -0.4 is 10.6 Å². The van der Waals surface area contributed by atoms with Crippen LogP contribution in [0.3, 0.4) is 0 Å². The molecule has 1 fully saturated rings. The van der Waals surface area contributed by atoms with E-state index in [-0.39, 0.29) is 29.3 Å². The smallest absolute Gasteiger partial charge is 0.303 e. The summed E-state index contributed by atoms with van der Waals surface area (Å²) in [6.45, 7) is 2.37. The van der Waals surface area contributed by atoms with Gasteiger partial charge in [-0.2, -0.15) is 0 Å². The number of nitrogens with zero attached hydrogens (tertiary/aromatic N) is 1. The van der Waals surface area contributed by atoms with Gasteiger partial charge in [0.2, 0.25) is 5.91 Å². The van der Waals surface area contributed by atoms with Gasteiger partial charge < -0.3 is 20.6 Å². The van der Waals surface area contributed by atoms with Gasteiger partial charge in [0.1, 0.15) is 6.04 Å². The summed E-state index contributed by atoms with van der Waals surface area (Å²) >= 11 is 11.7. The third-order valence-electron chi connectivity index (χ3n) is 3.86. The number of carbonyl (C=O) groups is 3. The molecule has 7 nitrogen and oxygen atoms in total. The van der Waals surface area contributed by atoms with Crippen molar-refractivity contribution in [2.24, 2.45) is 0 Å².